The number of ether oxygens (including phenoxy) is 2. The molecule has 0 saturated carbocycles. The number of nitrogens with one attached hydrogen (secondary N) is 2. The van der Waals surface area contributed by atoms with Crippen molar-refractivity contribution in [1.82, 2.24) is 0 Å². The molecule has 0 aliphatic heterocycles. The van der Waals surface area contributed by atoms with Crippen LogP contribution in [0.15, 0.2) is 72.1 Å². The van der Waals surface area contributed by atoms with Crippen molar-refractivity contribution >= 4 is 63.0 Å². The summed E-state index contributed by atoms with van der Waals surface area (Å²) in [5, 5.41) is 8.89. The molecule has 1 aromatic heterocycles. The Hall–Kier alpha value is -3.85. The van der Waals surface area contributed by atoms with Crippen molar-refractivity contribution in [2.24, 2.45) is 0 Å². The molecule has 7 nitrogen and oxygen atoms in total. The number of amides is 2. The lowest BCUT2D eigenvalue weighted by atomic mass is 10.0. The average Bonchev–Trinajstić information content (AvgIpc) is 3.33. The van der Waals surface area contributed by atoms with E-state index in [1.807, 2.05) is 6.92 Å². The number of aryl methyl sites for hydroxylation is 1. The fourth-order valence-corrected chi connectivity index (χ4v) is 5.00. The van der Waals surface area contributed by atoms with Gasteiger partial charge in [0.15, 0.2) is 6.61 Å². The zero-order chi connectivity index (χ0) is 27.9. The Morgan fingerprint density at radius 2 is 1.59 bits per heavy atom. The first kappa shape index (κ1) is 28.2. The molecule has 39 heavy (non-hydrogen) atoms. The lowest BCUT2D eigenvalue weighted by Crippen LogP contribution is -2.21. The number of rotatable bonds is 9. The van der Waals surface area contributed by atoms with Crippen LogP contribution in [0.25, 0.3) is 11.1 Å². The third kappa shape index (κ3) is 7.17. The topological polar surface area (TPSA) is 93.7 Å². The Morgan fingerprint density at radius 3 is 2.26 bits per heavy atom. The normalized spacial score (nSPS) is 10.6. The van der Waals surface area contributed by atoms with Gasteiger partial charge in [-0.05, 0) is 79.6 Å². The average molecular weight is 583 g/mol. The standard InChI is InChI=1S/C29H24Cl2N2O5S/c1-3-37-29(36)26-23(18-4-8-20(30)9-5-18)16-39-28(26)33-25(34)15-38-22-11-6-19(7-12-22)27(35)32-24-13-10-21(31)14-17(24)2/h4-14,16H,3,15H2,1-2H3,(H,32,35)(H,33,34). The van der Waals surface area contributed by atoms with E-state index in [1.54, 1.807) is 79.0 Å². The molecular weight excluding hydrogens is 559 g/mol. The maximum absolute atomic E-state index is 12.7. The lowest BCUT2D eigenvalue weighted by Gasteiger charge is -2.11. The zero-order valence-corrected chi connectivity index (χ0v) is 23.4. The zero-order valence-electron chi connectivity index (χ0n) is 21.0. The predicted molar refractivity (Wildman–Crippen MR) is 155 cm³/mol. The number of hydrogen-bond donors (Lipinski definition) is 2. The van der Waals surface area contributed by atoms with Crippen molar-refractivity contribution in [2.45, 2.75) is 13.8 Å². The molecule has 0 unspecified atom stereocenters. The molecule has 2 amide bonds. The summed E-state index contributed by atoms with van der Waals surface area (Å²) in [6.07, 6.45) is 0. The number of anilines is 2. The molecule has 0 aliphatic carbocycles. The molecule has 0 bridgehead atoms. The van der Waals surface area contributed by atoms with Gasteiger partial charge in [0.2, 0.25) is 0 Å². The quantitative estimate of drug-likeness (QED) is 0.199. The van der Waals surface area contributed by atoms with E-state index in [0.717, 1.165) is 11.1 Å². The van der Waals surface area contributed by atoms with Crippen molar-refractivity contribution < 1.29 is 23.9 Å². The van der Waals surface area contributed by atoms with Crippen LogP contribution in [0.2, 0.25) is 10.0 Å². The Balaban J connectivity index is 1.39. The Labute approximate surface area is 239 Å². The molecule has 0 fully saturated rings. The maximum atomic E-state index is 12.7. The molecule has 0 radical (unpaired) electrons. The van der Waals surface area contributed by atoms with E-state index >= 15 is 0 Å². The second-order valence-electron chi connectivity index (χ2n) is 8.36. The summed E-state index contributed by atoms with van der Waals surface area (Å²) in [6, 6.07) is 18.7. The van der Waals surface area contributed by atoms with Crippen LogP contribution in [0.4, 0.5) is 10.7 Å². The van der Waals surface area contributed by atoms with Gasteiger partial charge in [0.05, 0.1) is 6.61 Å². The molecule has 2 N–H and O–H groups in total. The highest BCUT2D eigenvalue weighted by molar-refractivity contribution is 7.15. The monoisotopic (exact) mass is 582 g/mol. The first-order chi connectivity index (χ1) is 18.7. The minimum absolute atomic E-state index is 0.193. The highest BCUT2D eigenvalue weighted by Crippen LogP contribution is 2.36. The predicted octanol–water partition coefficient (Wildman–Crippen LogP) is 7.48. The third-order valence-electron chi connectivity index (χ3n) is 5.60. The highest BCUT2D eigenvalue weighted by atomic mass is 35.5. The number of benzene rings is 3. The molecule has 0 saturated heterocycles. The first-order valence-corrected chi connectivity index (χ1v) is 13.5. The molecule has 3 aromatic carbocycles. The maximum Gasteiger partial charge on any atom is 0.341 e. The van der Waals surface area contributed by atoms with E-state index in [4.69, 9.17) is 32.7 Å². The molecular formula is C29H24Cl2N2O5S. The Bertz CT molecular complexity index is 1500. The van der Waals surface area contributed by atoms with E-state index < -0.39 is 11.9 Å². The van der Waals surface area contributed by atoms with Gasteiger partial charge in [-0.2, -0.15) is 0 Å². The summed E-state index contributed by atoms with van der Waals surface area (Å²) in [7, 11) is 0. The number of halogens is 2. The minimum Gasteiger partial charge on any atom is -0.484 e. The summed E-state index contributed by atoms with van der Waals surface area (Å²) >= 11 is 13.2. The second kappa shape index (κ2) is 12.8. The molecule has 0 atom stereocenters. The second-order valence-corrected chi connectivity index (χ2v) is 10.1. The SMILES string of the molecule is CCOC(=O)c1c(-c2ccc(Cl)cc2)csc1NC(=O)COc1ccc(C(=O)Nc2ccc(Cl)cc2C)cc1. The number of carbonyl (C=O) groups is 3. The molecule has 0 aliphatic rings. The number of hydrogen-bond acceptors (Lipinski definition) is 6. The van der Waals surface area contributed by atoms with Gasteiger partial charge in [-0.1, -0.05) is 35.3 Å². The largest absolute Gasteiger partial charge is 0.484 e. The van der Waals surface area contributed by atoms with E-state index in [9.17, 15) is 14.4 Å². The first-order valence-electron chi connectivity index (χ1n) is 11.9. The van der Waals surface area contributed by atoms with Gasteiger partial charge in [-0.15, -0.1) is 11.3 Å². The van der Waals surface area contributed by atoms with Gasteiger partial charge < -0.3 is 20.1 Å². The van der Waals surface area contributed by atoms with Crippen molar-refractivity contribution in [3.05, 3.63) is 98.8 Å². The highest BCUT2D eigenvalue weighted by Gasteiger charge is 2.23. The van der Waals surface area contributed by atoms with Crippen LogP contribution in [0.3, 0.4) is 0 Å². The van der Waals surface area contributed by atoms with Crippen LogP contribution in [-0.2, 0) is 9.53 Å². The fraction of sp³-hybridized carbons (Fsp3) is 0.138. The number of thiophene rings is 1. The summed E-state index contributed by atoms with van der Waals surface area (Å²) in [6.45, 7) is 3.46. The van der Waals surface area contributed by atoms with Crippen LogP contribution in [-0.4, -0.2) is 31.0 Å². The van der Waals surface area contributed by atoms with Crippen molar-refractivity contribution in [1.29, 1.82) is 0 Å². The van der Waals surface area contributed by atoms with E-state index in [0.29, 0.717) is 37.6 Å². The summed E-state index contributed by atoms with van der Waals surface area (Å²) in [5.74, 6) is -0.874. The van der Waals surface area contributed by atoms with Gasteiger partial charge in [-0.3, -0.25) is 9.59 Å². The molecule has 10 heteroatoms. The van der Waals surface area contributed by atoms with Crippen LogP contribution >= 0.6 is 34.5 Å². The van der Waals surface area contributed by atoms with Crippen molar-refractivity contribution in [2.75, 3.05) is 23.8 Å². The number of esters is 1. The van der Waals surface area contributed by atoms with Crippen molar-refractivity contribution in [3.63, 3.8) is 0 Å². The summed E-state index contributed by atoms with van der Waals surface area (Å²) < 4.78 is 10.8. The number of carbonyl (C=O) groups excluding carboxylic acids is 3. The smallest absolute Gasteiger partial charge is 0.341 e. The Morgan fingerprint density at radius 1 is 0.897 bits per heavy atom. The van der Waals surface area contributed by atoms with Gasteiger partial charge in [0, 0.05) is 32.2 Å². The molecule has 1 heterocycles. The van der Waals surface area contributed by atoms with E-state index in [1.165, 1.54) is 11.3 Å². The van der Waals surface area contributed by atoms with Crippen molar-refractivity contribution in [3.8, 4) is 16.9 Å². The summed E-state index contributed by atoms with van der Waals surface area (Å²) in [4.78, 5) is 38.0. The lowest BCUT2D eigenvalue weighted by molar-refractivity contribution is -0.118. The van der Waals surface area contributed by atoms with Crippen LogP contribution < -0.4 is 15.4 Å². The molecule has 4 rings (SSSR count). The van der Waals surface area contributed by atoms with Crippen LogP contribution in [0.1, 0.15) is 33.2 Å². The van der Waals surface area contributed by atoms with E-state index in [-0.39, 0.29) is 24.7 Å². The van der Waals surface area contributed by atoms with Gasteiger partial charge in [0.25, 0.3) is 11.8 Å². The molecule has 200 valence electrons. The third-order valence-corrected chi connectivity index (χ3v) is 6.98. The van der Waals surface area contributed by atoms with E-state index in [2.05, 4.69) is 10.6 Å². The van der Waals surface area contributed by atoms with Crippen LogP contribution in [0, 0.1) is 6.92 Å². The Kier molecular flexibility index (Phi) is 9.24. The van der Waals surface area contributed by atoms with Crippen LogP contribution in [0.5, 0.6) is 5.75 Å². The van der Waals surface area contributed by atoms with Gasteiger partial charge in [0.1, 0.15) is 16.3 Å². The van der Waals surface area contributed by atoms with Gasteiger partial charge in [-0.25, -0.2) is 4.79 Å². The van der Waals surface area contributed by atoms with Gasteiger partial charge >= 0.3 is 5.97 Å². The molecule has 4 aromatic rings. The fourth-order valence-electron chi connectivity index (χ4n) is 3.67. The summed E-state index contributed by atoms with van der Waals surface area (Å²) in [5.41, 5.74) is 3.60. The molecule has 0 spiro atoms. The minimum atomic E-state index is -0.539.